The third kappa shape index (κ3) is 5.41. The van der Waals surface area contributed by atoms with E-state index in [0.717, 1.165) is 17.7 Å². The minimum absolute atomic E-state index is 0.116. The van der Waals surface area contributed by atoms with Crippen LogP contribution in [0.4, 0.5) is 13.2 Å². The summed E-state index contributed by atoms with van der Waals surface area (Å²) in [6.45, 7) is 1.80. The van der Waals surface area contributed by atoms with E-state index in [9.17, 15) is 18.0 Å². The number of methoxy groups -OCH3 is 1. The van der Waals surface area contributed by atoms with E-state index < -0.39 is 11.7 Å². The number of hydrogen-bond acceptors (Lipinski definition) is 3. The van der Waals surface area contributed by atoms with Gasteiger partial charge in [-0.1, -0.05) is 18.2 Å². The molecule has 2 aromatic carbocycles. The Morgan fingerprint density at radius 1 is 1.08 bits per heavy atom. The van der Waals surface area contributed by atoms with Crippen molar-refractivity contribution in [3.05, 3.63) is 59.2 Å². The Hall–Kier alpha value is -2.70. The summed E-state index contributed by atoms with van der Waals surface area (Å²) in [6.07, 6.45) is -4.37. The molecule has 0 bridgehead atoms. The summed E-state index contributed by atoms with van der Waals surface area (Å²) in [7, 11) is 1.51. The highest BCUT2D eigenvalue weighted by Gasteiger charge is 2.29. The standard InChI is InChI=1S/C18H18F3NO3/c1-12-3-8-15(16(9-12)24-2)25-11-17(23)22-10-13-4-6-14(7-5-13)18(19,20)21/h3-9H,10-11H2,1-2H3,(H,22,23). The molecule has 0 aliphatic heterocycles. The number of halogens is 3. The van der Waals surface area contributed by atoms with Gasteiger partial charge in [0.1, 0.15) is 0 Å². The Morgan fingerprint density at radius 3 is 2.36 bits per heavy atom. The number of hydrogen-bond donors (Lipinski definition) is 1. The highest BCUT2D eigenvalue weighted by atomic mass is 19.4. The largest absolute Gasteiger partial charge is 0.493 e. The van der Waals surface area contributed by atoms with Gasteiger partial charge in [-0.15, -0.1) is 0 Å². The Balaban J connectivity index is 1.85. The zero-order chi connectivity index (χ0) is 18.4. The highest BCUT2D eigenvalue weighted by Crippen LogP contribution is 2.29. The number of nitrogens with one attached hydrogen (secondary N) is 1. The van der Waals surface area contributed by atoms with Gasteiger partial charge in [-0.3, -0.25) is 4.79 Å². The number of rotatable bonds is 6. The lowest BCUT2D eigenvalue weighted by atomic mass is 10.1. The number of amides is 1. The minimum Gasteiger partial charge on any atom is -0.493 e. The Kier molecular flexibility index (Phi) is 5.90. The zero-order valence-electron chi connectivity index (χ0n) is 13.8. The predicted molar refractivity (Wildman–Crippen MR) is 86.5 cm³/mol. The molecule has 1 amide bonds. The van der Waals surface area contributed by atoms with Crippen LogP contribution in [0, 0.1) is 6.92 Å². The lowest BCUT2D eigenvalue weighted by Crippen LogP contribution is -2.28. The molecule has 0 saturated carbocycles. The van der Waals surface area contributed by atoms with Crippen molar-refractivity contribution in [3.8, 4) is 11.5 Å². The second-order valence-corrected chi connectivity index (χ2v) is 5.41. The van der Waals surface area contributed by atoms with E-state index in [1.54, 1.807) is 12.1 Å². The van der Waals surface area contributed by atoms with Crippen molar-refractivity contribution in [2.45, 2.75) is 19.6 Å². The van der Waals surface area contributed by atoms with Crippen molar-refractivity contribution in [3.63, 3.8) is 0 Å². The van der Waals surface area contributed by atoms with Crippen molar-refractivity contribution in [2.75, 3.05) is 13.7 Å². The van der Waals surface area contributed by atoms with Gasteiger partial charge >= 0.3 is 6.18 Å². The molecule has 0 unspecified atom stereocenters. The van der Waals surface area contributed by atoms with Gasteiger partial charge in [-0.05, 0) is 42.3 Å². The molecule has 134 valence electrons. The van der Waals surface area contributed by atoms with Crippen LogP contribution in [0.5, 0.6) is 11.5 Å². The first-order chi connectivity index (χ1) is 11.8. The molecule has 25 heavy (non-hydrogen) atoms. The molecule has 0 atom stereocenters. The summed E-state index contributed by atoms with van der Waals surface area (Å²) in [5, 5.41) is 2.59. The van der Waals surface area contributed by atoms with Gasteiger partial charge in [0, 0.05) is 6.54 Å². The first-order valence-corrected chi connectivity index (χ1v) is 7.50. The molecular weight excluding hydrogens is 335 g/mol. The van der Waals surface area contributed by atoms with Crippen LogP contribution in [-0.2, 0) is 17.5 Å². The number of aryl methyl sites for hydroxylation is 1. The summed E-state index contributed by atoms with van der Waals surface area (Å²) in [5.41, 5.74) is 0.836. The first kappa shape index (κ1) is 18.6. The van der Waals surface area contributed by atoms with Crippen molar-refractivity contribution < 1.29 is 27.4 Å². The molecule has 0 aliphatic carbocycles. The van der Waals surface area contributed by atoms with Gasteiger partial charge in [-0.25, -0.2) is 0 Å². The fraction of sp³-hybridized carbons (Fsp3) is 0.278. The highest BCUT2D eigenvalue weighted by molar-refractivity contribution is 5.77. The van der Waals surface area contributed by atoms with E-state index in [-0.39, 0.29) is 19.1 Å². The van der Waals surface area contributed by atoms with Gasteiger partial charge in [0.2, 0.25) is 0 Å². The van der Waals surface area contributed by atoms with E-state index >= 15 is 0 Å². The molecule has 7 heteroatoms. The molecular formula is C18H18F3NO3. The van der Waals surface area contributed by atoms with Crippen LogP contribution in [0.1, 0.15) is 16.7 Å². The molecule has 2 aromatic rings. The fourth-order valence-corrected chi connectivity index (χ4v) is 2.10. The van der Waals surface area contributed by atoms with Crippen LogP contribution < -0.4 is 14.8 Å². The molecule has 1 N–H and O–H groups in total. The van der Waals surface area contributed by atoms with Crippen molar-refractivity contribution in [2.24, 2.45) is 0 Å². The number of carbonyl (C=O) groups is 1. The smallest absolute Gasteiger partial charge is 0.416 e. The molecule has 0 fully saturated rings. The molecule has 0 aliphatic rings. The van der Waals surface area contributed by atoms with Gasteiger partial charge in [0.25, 0.3) is 5.91 Å². The van der Waals surface area contributed by atoms with E-state index in [1.807, 2.05) is 13.0 Å². The summed E-state index contributed by atoms with van der Waals surface area (Å²) < 4.78 is 48.0. The maximum Gasteiger partial charge on any atom is 0.416 e. The molecule has 0 radical (unpaired) electrons. The van der Waals surface area contributed by atoms with Crippen LogP contribution in [0.15, 0.2) is 42.5 Å². The van der Waals surface area contributed by atoms with E-state index in [1.165, 1.54) is 19.2 Å². The topological polar surface area (TPSA) is 47.6 Å². The van der Waals surface area contributed by atoms with Gasteiger partial charge in [-0.2, -0.15) is 13.2 Å². The molecule has 0 saturated heterocycles. The maximum atomic E-state index is 12.5. The van der Waals surface area contributed by atoms with Crippen molar-refractivity contribution in [1.82, 2.24) is 5.32 Å². The quantitative estimate of drug-likeness (QED) is 0.861. The number of benzene rings is 2. The summed E-state index contributed by atoms with van der Waals surface area (Å²) in [4.78, 5) is 11.8. The average Bonchev–Trinajstić information content (AvgIpc) is 2.58. The average molecular weight is 353 g/mol. The molecule has 0 heterocycles. The van der Waals surface area contributed by atoms with Gasteiger partial charge in [0.15, 0.2) is 18.1 Å². The lowest BCUT2D eigenvalue weighted by molar-refractivity contribution is -0.137. The lowest BCUT2D eigenvalue weighted by Gasteiger charge is -2.12. The van der Waals surface area contributed by atoms with Crippen LogP contribution in [0.3, 0.4) is 0 Å². The van der Waals surface area contributed by atoms with Crippen molar-refractivity contribution >= 4 is 5.91 Å². The fourth-order valence-electron chi connectivity index (χ4n) is 2.10. The second kappa shape index (κ2) is 7.92. The molecule has 0 aromatic heterocycles. The van der Waals surface area contributed by atoms with Crippen LogP contribution in [-0.4, -0.2) is 19.6 Å². The van der Waals surface area contributed by atoms with Gasteiger partial charge in [0.05, 0.1) is 12.7 Å². The number of carbonyl (C=O) groups excluding carboxylic acids is 1. The van der Waals surface area contributed by atoms with E-state index in [2.05, 4.69) is 5.32 Å². The summed E-state index contributed by atoms with van der Waals surface area (Å²) >= 11 is 0. The summed E-state index contributed by atoms with van der Waals surface area (Å²) in [6, 6.07) is 9.94. The maximum absolute atomic E-state index is 12.5. The SMILES string of the molecule is COc1cc(C)ccc1OCC(=O)NCc1ccc(C(F)(F)F)cc1. The first-order valence-electron chi connectivity index (χ1n) is 7.50. The van der Waals surface area contributed by atoms with Gasteiger partial charge < -0.3 is 14.8 Å². The normalized spacial score (nSPS) is 11.1. The van der Waals surface area contributed by atoms with Crippen molar-refractivity contribution in [1.29, 1.82) is 0 Å². The molecule has 0 spiro atoms. The molecule has 4 nitrogen and oxygen atoms in total. The van der Waals surface area contributed by atoms with Crippen LogP contribution in [0.25, 0.3) is 0 Å². The number of ether oxygens (including phenoxy) is 2. The Labute approximate surface area is 143 Å². The zero-order valence-corrected chi connectivity index (χ0v) is 13.8. The Morgan fingerprint density at radius 2 is 1.76 bits per heavy atom. The van der Waals surface area contributed by atoms with E-state index in [4.69, 9.17) is 9.47 Å². The predicted octanol–water partition coefficient (Wildman–Crippen LogP) is 3.72. The second-order valence-electron chi connectivity index (χ2n) is 5.41. The molecule has 2 rings (SSSR count). The van der Waals surface area contributed by atoms with Crippen LogP contribution >= 0.6 is 0 Å². The monoisotopic (exact) mass is 353 g/mol. The van der Waals surface area contributed by atoms with Crippen LogP contribution in [0.2, 0.25) is 0 Å². The third-order valence-electron chi connectivity index (χ3n) is 3.45. The minimum atomic E-state index is -4.37. The summed E-state index contributed by atoms with van der Waals surface area (Å²) in [5.74, 6) is 0.579. The number of alkyl halides is 3. The Bertz CT molecular complexity index is 727. The third-order valence-corrected chi connectivity index (χ3v) is 3.45. The van der Waals surface area contributed by atoms with E-state index in [0.29, 0.717) is 17.1 Å².